The minimum absolute atomic E-state index is 0.0960. The van der Waals surface area contributed by atoms with E-state index in [1.165, 1.54) is 29.2 Å². The molecule has 0 aliphatic carbocycles. The van der Waals surface area contributed by atoms with Gasteiger partial charge in [-0.3, -0.25) is 14.9 Å². The zero-order chi connectivity index (χ0) is 20.4. The number of anilines is 2. The average Bonchev–Trinajstić information content (AvgIpc) is 2.79. The van der Waals surface area contributed by atoms with Gasteiger partial charge in [-0.15, -0.1) is 0 Å². The first-order chi connectivity index (χ1) is 13.3. The van der Waals surface area contributed by atoms with E-state index in [-0.39, 0.29) is 27.5 Å². The van der Waals surface area contributed by atoms with Gasteiger partial charge in [0.05, 0.1) is 20.8 Å². The number of ether oxygens (including phenoxy) is 1. The van der Waals surface area contributed by atoms with Gasteiger partial charge < -0.3 is 20.7 Å². The van der Waals surface area contributed by atoms with Crippen molar-refractivity contribution in [1.29, 1.82) is 0 Å². The summed E-state index contributed by atoms with van der Waals surface area (Å²) in [4.78, 5) is 36.4. The molecule has 28 heavy (non-hydrogen) atoms. The fourth-order valence-corrected chi connectivity index (χ4v) is 3.36. The van der Waals surface area contributed by atoms with E-state index in [1.807, 2.05) is 6.92 Å². The summed E-state index contributed by atoms with van der Waals surface area (Å²) in [5.74, 6) is -0.203. The van der Waals surface area contributed by atoms with Gasteiger partial charge in [-0.2, -0.15) is 0 Å². The maximum atomic E-state index is 13.2. The SMILES string of the molecule is CC1CCN(C(=O)c2ccc(Br)c([N+](=O)[O-])c2)c2cc(OC(N)=O)ccc2N1. The van der Waals surface area contributed by atoms with E-state index in [2.05, 4.69) is 21.2 Å². The molecule has 1 atom stereocenters. The lowest BCUT2D eigenvalue weighted by Gasteiger charge is -2.23. The Balaban J connectivity index is 2.04. The van der Waals surface area contributed by atoms with Gasteiger partial charge in [-0.1, -0.05) is 0 Å². The van der Waals surface area contributed by atoms with E-state index in [0.29, 0.717) is 24.3 Å². The van der Waals surface area contributed by atoms with Crippen LogP contribution in [-0.2, 0) is 0 Å². The quantitative estimate of drug-likeness (QED) is 0.544. The highest BCUT2D eigenvalue weighted by Gasteiger charge is 2.27. The number of halogens is 1. The Morgan fingerprint density at radius 2 is 2.07 bits per heavy atom. The van der Waals surface area contributed by atoms with Crippen molar-refractivity contribution >= 4 is 45.0 Å². The monoisotopic (exact) mass is 448 g/mol. The number of carbonyl (C=O) groups is 2. The Hall–Kier alpha value is -3.14. The molecule has 2 aromatic rings. The van der Waals surface area contributed by atoms with E-state index in [0.717, 1.165) is 0 Å². The van der Waals surface area contributed by atoms with Gasteiger partial charge in [0.15, 0.2) is 0 Å². The number of rotatable bonds is 3. The number of hydrogen-bond donors (Lipinski definition) is 2. The standard InChI is InChI=1S/C18H17BrN4O5/c1-10-6-7-22(16-9-12(28-18(20)25)3-5-14(16)21-10)17(24)11-2-4-13(19)15(8-11)23(26)27/h2-5,8-10,21H,6-7H2,1H3,(H2,20,25). The van der Waals surface area contributed by atoms with Gasteiger partial charge in [-0.25, -0.2) is 4.79 Å². The third-order valence-electron chi connectivity index (χ3n) is 4.30. The molecule has 2 amide bonds. The average molecular weight is 449 g/mol. The number of benzene rings is 2. The van der Waals surface area contributed by atoms with Crippen LogP contribution >= 0.6 is 15.9 Å². The zero-order valence-corrected chi connectivity index (χ0v) is 16.4. The normalized spacial score (nSPS) is 15.8. The van der Waals surface area contributed by atoms with Gasteiger partial charge in [0.25, 0.3) is 11.6 Å². The summed E-state index contributed by atoms with van der Waals surface area (Å²) in [6.07, 6.45) is -0.304. The fourth-order valence-electron chi connectivity index (χ4n) is 2.97. The Bertz CT molecular complexity index is 965. The summed E-state index contributed by atoms with van der Waals surface area (Å²) >= 11 is 3.12. The van der Waals surface area contributed by atoms with E-state index < -0.39 is 16.9 Å². The van der Waals surface area contributed by atoms with Crippen molar-refractivity contribution in [3.63, 3.8) is 0 Å². The second kappa shape index (κ2) is 7.85. The Morgan fingerprint density at radius 3 is 2.75 bits per heavy atom. The van der Waals surface area contributed by atoms with Gasteiger partial charge in [0.1, 0.15) is 5.75 Å². The van der Waals surface area contributed by atoms with Crippen LogP contribution in [0.4, 0.5) is 21.9 Å². The van der Waals surface area contributed by atoms with Crippen LogP contribution in [0, 0.1) is 10.1 Å². The van der Waals surface area contributed by atoms with Crippen molar-refractivity contribution in [2.75, 3.05) is 16.8 Å². The van der Waals surface area contributed by atoms with Crippen molar-refractivity contribution in [1.82, 2.24) is 0 Å². The first-order valence-electron chi connectivity index (χ1n) is 8.40. The molecule has 0 saturated heterocycles. The van der Waals surface area contributed by atoms with Crippen molar-refractivity contribution in [2.45, 2.75) is 19.4 Å². The second-order valence-corrected chi connectivity index (χ2v) is 7.17. The predicted molar refractivity (Wildman–Crippen MR) is 107 cm³/mol. The van der Waals surface area contributed by atoms with Gasteiger partial charge in [0, 0.05) is 30.3 Å². The molecule has 9 nitrogen and oxygen atoms in total. The third kappa shape index (κ3) is 4.06. The lowest BCUT2D eigenvalue weighted by Crippen LogP contribution is -2.32. The van der Waals surface area contributed by atoms with Crippen LogP contribution in [0.1, 0.15) is 23.7 Å². The number of nitro groups is 1. The summed E-state index contributed by atoms with van der Waals surface area (Å²) in [6, 6.07) is 9.12. The highest BCUT2D eigenvalue weighted by molar-refractivity contribution is 9.10. The first-order valence-corrected chi connectivity index (χ1v) is 9.19. The molecule has 3 rings (SSSR count). The fraction of sp³-hybridized carbons (Fsp3) is 0.222. The number of hydrogen-bond acceptors (Lipinski definition) is 6. The highest BCUT2D eigenvalue weighted by atomic mass is 79.9. The smallest absolute Gasteiger partial charge is 0.409 e. The topological polar surface area (TPSA) is 128 Å². The highest BCUT2D eigenvalue weighted by Crippen LogP contribution is 2.35. The van der Waals surface area contributed by atoms with Crippen LogP contribution in [0.5, 0.6) is 5.75 Å². The maximum absolute atomic E-state index is 13.2. The summed E-state index contributed by atoms with van der Waals surface area (Å²) in [5, 5.41) is 14.5. The van der Waals surface area contributed by atoms with Gasteiger partial charge in [0.2, 0.25) is 0 Å². The molecule has 1 aliphatic rings. The lowest BCUT2D eigenvalue weighted by atomic mass is 10.1. The molecule has 10 heteroatoms. The van der Waals surface area contributed by atoms with E-state index >= 15 is 0 Å². The predicted octanol–water partition coefficient (Wildman–Crippen LogP) is 3.67. The van der Waals surface area contributed by atoms with Crippen LogP contribution in [0.15, 0.2) is 40.9 Å². The molecular formula is C18H17BrN4O5. The molecule has 0 aromatic heterocycles. The summed E-state index contributed by atoms with van der Waals surface area (Å²) in [6.45, 7) is 2.36. The van der Waals surface area contributed by atoms with Crippen molar-refractivity contribution < 1.29 is 19.2 Å². The minimum Gasteiger partial charge on any atom is -0.410 e. The number of nitrogens with one attached hydrogen (secondary N) is 1. The van der Waals surface area contributed by atoms with Gasteiger partial charge >= 0.3 is 6.09 Å². The van der Waals surface area contributed by atoms with E-state index in [9.17, 15) is 19.7 Å². The largest absolute Gasteiger partial charge is 0.410 e. The van der Waals surface area contributed by atoms with Crippen LogP contribution in [0.3, 0.4) is 0 Å². The summed E-state index contributed by atoms with van der Waals surface area (Å²) in [7, 11) is 0. The molecule has 1 unspecified atom stereocenters. The van der Waals surface area contributed by atoms with Crippen LogP contribution in [-0.4, -0.2) is 29.5 Å². The van der Waals surface area contributed by atoms with Crippen LogP contribution < -0.4 is 20.7 Å². The van der Waals surface area contributed by atoms with Crippen LogP contribution in [0.25, 0.3) is 0 Å². The first kappa shape index (κ1) is 19.6. The molecule has 0 bridgehead atoms. The molecule has 0 spiro atoms. The number of fused-ring (bicyclic) bond motifs is 1. The molecule has 0 fully saturated rings. The third-order valence-corrected chi connectivity index (χ3v) is 4.97. The minimum atomic E-state index is -0.962. The Kier molecular flexibility index (Phi) is 5.50. The zero-order valence-electron chi connectivity index (χ0n) is 14.8. The Morgan fingerprint density at radius 1 is 1.32 bits per heavy atom. The number of amides is 2. The van der Waals surface area contributed by atoms with Gasteiger partial charge in [-0.05, 0) is 53.5 Å². The molecular weight excluding hydrogens is 432 g/mol. The number of primary amides is 1. The lowest BCUT2D eigenvalue weighted by molar-refractivity contribution is -0.385. The number of carbonyl (C=O) groups excluding carboxylic acids is 2. The maximum Gasteiger partial charge on any atom is 0.409 e. The molecule has 1 heterocycles. The molecule has 146 valence electrons. The van der Waals surface area contributed by atoms with Crippen LogP contribution in [0.2, 0.25) is 0 Å². The van der Waals surface area contributed by atoms with Crippen molar-refractivity contribution in [3.8, 4) is 5.75 Å². The molecule has 1 aliphatic heterocycles. The molecule has 3 N–H and O–H groups in total. The number of nitrogens with zero attached hydrogens (tertiary/aromatic N) is 2. The molecule has 0 saturated carbocycles. The Labute approximate surface area is 168 Å². The number of nitrogens with two attached hydrogens (primary N) is 1. The number of nitro benzene ring substituents is 1. The van der Waals surface area contributed by atoms with Crippen molar-refractivity contribution in [3.05, 3.63) is 56.5 Å². The van der Waals surface area contributed by atoms with E-state index in [1.54, 1.807) is 12.1 Å². The molecule has 2 aromatic carbocycles. The van der Waals surface area contributed by atoms with Crippen molar-refractivity contribution in [2.24, 2.45) is 5.73 Å². The summed E-state index contributed by atoms with van der Waals surface area (Å²) in [5.41, 5.74) is 6.23. The van der Waals surface area contributed by atoms with E-state index in [4.69, 9.17) is 10.5 Å². The second-order valence-electron chi connectivity index (χ2n) is 6.31. The molecule has 0 radical (unpaired) electrons. The summed E-state index contributed by atoms with van der Waals surface area (Å²) < 4.78 is 5.22.